The number of rotatable bonds is 2. The highest BCUT2D eigenvalue weighted by Gasteiger charge is 2.18. The smallest absolute Gasteiger partial charge is 0.134 e. The van der Waals surface area contributed by atoms with Crippen LogP contribution in [0.5, 0.6) is 5.75 Å². The van der Waals surface area contributed by atoms with E-state index in [2.05, 4.69) is 16.0 Å². The Labute approximate surface area is 131 Å². The summed E-state index contributed by atoms with van der Waals surface area (Å²) in [6.45, 7) is 0. The molecule has 0 aliphatic carbocycles. The number of methoxy groups -OCH3 is 1. The van der Waals surface area contributed by atoms with Gasteiger partial charge in [-0.15, -0.1) is 0 Å². The Morgan fingerprint density at radius 3 is 2.77 bits per heavy atom. The van der Waals surface area contributed by atoms with Crippen LogP contribution in [0.4, 0.5) is 5.82 Å². The van der Waals surface area contributed by atoms with E-state index in [-0.39, 0.29) is 0 Å². The second-order valence-electron chi connectivity index (χ2n) is 4.57. The number of benzene rings is 2. The molecule has 0 unspecified atom stereocenters. The van der Waals surface area contributed by atoms with Gasteiger partial charge in [0.1, 0.15) is 24.0 Å². The Morgan fingerprint density at radius 1 is 1.23 bits per heavy atom. The van der Waals surface area contributed by atoms with Crippen LogP contribution in [0.1, 0.15) is 5.56 Å². The summed E-state index contributed by atoms with van der Waals surface area (Å²) in [5.74, 6) is 0.957. The normalized spacial score (nSPS) is 10.4. The predicted molar refractivity (Wildman–Crippen MR) is 85.7 cm³/mol. The number of fused-ring (bicyclic) bond motifs is 1. The lowest BCUT2D eigenvalue weighted by molar-refractivity contribution is 0.417. The van der Waals surface area contributed by atoms with Gasteiger partial charge in [0, 0.05) is 10.9 Å². The number of nitriles is 1. The number of anilines is 1. The van der Waals surface area contributed by atoms with Crippen molar-refractivity contribution in [1.82, 2.24) is 9.97 Å². The van der Waals surface area contributed by atoms with Gasteiger partial charge in [-0.1, -0.05) is 23.7 Å². The van der Waals surface area contributed by atoms with Crippen molar-refractivity contribution in [2.45, 2.75) is 0 Å². The largest absolute Gasteiger partial charge is 0.496 e. The number of nitrogen functional groups attached to an aromatic ring is 1. The molecule has 0 aliphatic heterocycles. The Bertz CT molecular complexity index is 918. The number of aromatic nitrogens is 2. The second kappa shape index (κ2) is 5.51. The Balaban J connectivity index is 2.48. The van der Waals surface area contributed by atoms with E-state index in [1.54, 1.807) is 37.4 Å². The molecule has 0 fully saturated rings. The first kappa shape index (κ1) is 14.1. The molecule has 108 valence electrons. The van der Waals surface area contributed by atoms with E-state index in [4.69, 9.17) is 22.1 Å². The highest BCUT2D eigenvalue weighted by molar-refractivity contribution is 6.32. The lowest BCUT2D eigenvalue weighted by Gasteiger charge is -2.13. The zero-order valence-corrected chi connectivity index (χ0v) is 12.4. The van der Waals surface area contributed by atoms with E-state index in [0.29, 0.717) is 44.2 Å². The van der Waals surface area contributed by atoms with Gasteiger partial charge in [0.2, 0.25) is 0 Å². The van der Waals surface area contributed by atoms with Gasteiger partial charge in [-0.25, -0.2) is 9.97 Å². The third-order valence-electron chi connectivity index (χ3n) is 3.41. The number of halogens is 1. The minimum absolute atomic E-state index is 0.368. The van der Waals surface area contributed by atoms with Crippen molar-refractivity contribution in [1.29, 1.82) is 5.26 Å². The van der Waals surface area contributed by atoms with E-state index in [1.807, 2.05) is 0 Å². The van der Waals surface area contributed by atoms with Crippen molar-refractivity contribution in [3.8, 4) is 22.9 Å². The molecular weight excluding hydrogens is 300 g/mol. The standard InChI is InChI=1S/C16H11ClN4O/c1-22-13-6-5-10-15(20-8-21-16(10)19)14(13)9-3-2-4-12(17)11(9)7-18/h2-6,8H,1H3,(H2,19,20,21). The van der Waals surface area contributed by atoms with Gasteiger partial charge >= 0.3 is 0 Å². The zero-order chi connectivity index (χ0) is 15.7. The molecule has 0 radical (unpaired) electrons. The zero-order valence-electron chi connectivity index (χ0n) is 11.7. The summed E-state index contributed by atoms with van der Waals surface area (Å²) < 4.78 is 5.43. The van der Waals surface area contributed by atoms with E-state index >= 15 is 0 Å². The van der Waals surface area contributed by atoms with Crippen LogP contribution in [0.15, 0.2) is 36.7 Å². The first-order valence-corrected chi connectivity index (χ1v) is 6.81. The topological polar surface area (TPSA) is 84.8 Å². The fraction of sp³-hybridized carbons (Fsp3) is 0.0625. The van der Waals surface area contributed by atoms with Crippen LogP contribution in [0.3, 0.4) is 0 Å². The lowest BCUT2D eigenvalue weighted by Crippen LogP contribution is -1.98. The molecule has 22 heavy (non-hydrogen) atoms. The molecule has 0 saturated carbocycles. The number of ether oxygens (including phenoxy) is 1. The van der Waals surface area contributed by atoms with E-state index in [0.717, 1.165) is 0 Å². The maximum atomic E-state index is 9.42. The molecule has 6 heteroatoms. The van der Waals surface area contributed by atoms with Crippen LogP contribution in [0, 0.1) is 11.3 Å². The number of hydrogen-bond donors (Lipinski definition) is 1. The number of hydrogen-bond acceptors (Lipinski definition) is 5. The molecule has 1 aromatic heterocycles. The molecule has 0 spiro atoms. The highest BCUT2D eigenvalue weighted by Crippen LogP contribution is 2.40. The predicted octanol–water partition coefficient (Wildman–Crippen LogP) is 3.41. The highest BCUT2D eigenvalue weighted by atomic mass is 35.5. The average molecular weight is 311 g/mol. The SMILES string of the molecule is COc1ccc2c(N)ncnc2c1-c1cccc(Cl)c1C#N. The third kappa shape index (κ3) is 2.10. The first-order chi connectivity index (χ1) is 10.7. The van der Waals surface area contributed by atoms with Gasteiger partial charge in [-0.05, 0) is 18.2 Å². The minimum atomic E-state index is 0.368. The van der Waals surface area contributed by atoms with E-state index in [1.165, 1.54) is 6.33 Å². The van der Waals surface area contributed by atoms with Gasteiger partial charge in [0.25, 0.3) is 0 Å². The van der Waals surface area contributed by atoms with Crippen molar-refractivity contribution < 1.29 is 4.74 Å². The van der Waals surface area contributed by atoms with E-state index < -0.39 is 0 Å². The van der Waals surface area contributed by atoms with Crippen molar-refractivity contribution >= 4 is 28.3 Å². The molecule has 3 aromatic rings. The summed E-state index contributed by atoms with van der Waals surface area (Å²) in [4.78, 5) is 8.30. The summed E-state index contributed by atoms with van der Waals surface area (Å²) in [5, 5.41) is 10.5. The molecule has 0 atom stereocenters. The Kier molecular flexibility index (Phi) is 3.53. The molecular formula is C16H11ClN4O. The van der Waals surface area contributed by atoms with Gasteiger partial charge < -0.3 is 10.5 Å². The van der Waals surface area contributed by atoms with Gasteiger partial charge in [0.05, 0.1) is 28.8 Å². The summed E-state index contributed by atoms with van der Waals surface area (Å²) in [6, 6.07) is 11.0. The number of nitrogens with two attached hydrogens (primary N) is 1. The molecule has 3 rings (SSSR count). The van der Waals surface area contributed by atoms with Crippen molar-refractivity contribution in [2.24, 2.45) is 0 Å². The Hall–Kier alpha value is -2.84. The lowest BCUT2D eigenvalue weighted by atomic mass is 9.97. The molecule has 0 bridgehead atoms. The van der Waals surface area contributed by atoms with Crippen LogP contribution in [-0.2, 0) is 0 Å². The fourth-order valence-electron chi connectivity index (χ4n) is 2.41. The molecule has 5 nitrogen and oxygen atoms in total. The Morgan fingerprint density at radius 2 is 2.05 bits per heavy atom. The van der Waals surface area contributed by atoms with Crippen LogP contribution in [0.2, 0.25) is 5.02 Å². The summed E-state index contributed by atoms with van der Waals surface area (Å²) in [6.07, 6.45) is 1.39. The van der Waals surface area contributed by atoms with Crippen LogP contribution in [-0.4, -0.2) is 17.1 Å². The van der Waals surface area contributed by atoms with Gasteiger partial charge in [-0.3, -0.25) is 0 Å². The quantitative estimate of drug-likeness (QED) is 0.784. The molecule has 0 amide bonds. The fourth-order valence-corrected chi connectivity index (χ4v) is 2.63. The van der Waals surface area contributed by atoms with Gasteiger partial charge in [-0.2, -0.15) is 5.26 Å². The molecule has 0 aliphatic rings. The van der Waals surface area contributed by atoms with Crippen molar-refractivity contribution in [2.75, 3.05) is 12.8 Å². The monoisotopic (exact) mass is 310 g/mol. The van der Waals surface area contributed by atoms with Crippen molar-refractivity contribution in [3.05, 3.63) is 47.2 Å². The number of nitrogens with zero attached hydrogens (tertiary/aromatic N) is 3. The molecule has 2 N–H and O–H groups in total. The molecule has 0 saturated heterocycles. The molecule has 2 aromatic carbocycles. The summed E-state index contributed by atoms with van der Waals surface area (Å²) in [7, 11) is 1.56. The summed E-state index contributed by atoms with van der Waals surface area (Å²) >= 11 is 6.14. The molecule has 1 heterocycles. The van der Waals surface area contributed by atoms with Crippen LogP contribution < -0.4 is 10.5 Å². The summed E-state index contributed by atoms with van der Waals surface area (Å²) in [5.41, 5.74) is 8.22. The maximum absolute atomic E-state index is 9.42. The average Bonchev–Trinajstić information content (AvgIpc) is 2.54. The second-order valence-corrected chi connectivity index (χ2v) is 4.98. The minimum Gasteiger partial charge on any atom is -0.496 e. The first-order valence-electron chi connectivity index (χ1n) is 6.43. The van der Waals surface area contributed by atoms with Crippen LogP contribution >= 0.6 is 11.6 Å². The van der Waals surface area contributed by atoms with Crippen LogP contribution in [0.25, 0.3) is 22.0 Å². The van der Waals surface area contributed by atoms with Gasteiger partial charge in [0.15, 0.2) is 0 Å². The van der Waals surface area contributed by atoms with E-state index in [9.17, 15) is 5.26 Å². The van der Waals surface area contributed by atoms with Crippen molar-refractivity contribution in [3.63, 3.8) is 0 Å². The maximum Gasteiger partial charge on any atom is 0.134 e. The third-order valence-corrected chi connectivity index (χ3v) is 3.73.